The fraction of sp³-hybridized carbons (Fsp3) is 0.632. The first-order valence-corrected chi connectivity index (χ1v) is 8.94. The van der Waals surface area contributed by atoms with Crippen LogP contribution in [0.15, 0.2) is 18.2 Å². The summed E-state index contributed by atoms with van der Waals surface area (Å²) < 4.78 is 11.5. The van der Waals surface area contributed by atoms with Gasteiger partial charge < -0.3 is 14.8 Å². The quantitative estimate of drug-likeness (QED) is 0.877. The lowest BCUT2D eigenvalue weighted by Crippen LogP contribution is -2.41. The van der Waals surface area contributed by atoms with Gasteiger partial charge in [0.15, 0.2) is 6.10 Å². The minimum Gasteiger partial charge on any atom is -0.481 e. The van der Waals surface area contributed by atoms with Crippen molar-refractivity contribution in [3.63, 3.8) is 0 Å². The van der Waals surface area contributed by atoms with Crippen LogP contribution in [0.1, 0.15) is 50.2 Å². The number of fused-ring (bicyclic) bond motifs is 1. The van der Waals surface area contributed by atoms with Crippen molar-refractivity contribution < 1.29 is 14.3 Å². The van der Waals surface area contributed by atoms with Gasteiger partial charge in [-0.15, -0.1) is 0 Å². The van der Waals surface area contributed by atoms with Crippen LogP contribution in [0.4, 0.5) is 0 Å². The molecule has 0 bridgehead atoms. The first-order chi connectivity index (χ1) is 11.3. The lowest BCUT2D eigenvalue weighted by molar-refractivity contribution is -0.128. The van der Waals surface area contributed by atoms with Gasteiger partial charge >= 0.3 is 0 Å². The third kappa shape index (κ3) is 4.25. The van der Waals surface area contributed by atoms with Gasteiger partial charge in [0.1, 0.15) is 5.75 Å². The first-order valence-electron chi connectivity index (χ1n) is 8.94. The van der Waals surface area contributed by atoms with E-state index in [2.05, 4.69) is 17.4 Å². The minimum atomic E-state index is -0.432. The standard InChI is InChI=1S/C19H27NO3/c1-2-18(19(21)20-13-17-8-5-11-22-17)23-16-10-9-14-6-3-4-7-15(14)12-16/h9-10,12,17-18H,2-8,11,13H2,1H3,(H,20,21)/t17-,18+/m0/s1. The third-order valence-corrected chi connectivity index (χ3v) is 4.79. The molecule has 1 heterocycles. The summed E-state index contributed by atoms with van der Waals surface area (Å²) >= 11 is 0. The topological polar surface area (TPSA) is 47.6 Å². The Kier molecular flexibility index (Phi) is 5.55. The molecule has 1 saturated heterocycles. The fourth-order valence-electron chi connectivity index (χ4n) is 3.40. The Labute approximate surface area is 138 Å². The average molecular weight is 317 g/mol. The Hall–Kier alpha value is -1.55. The highest BCUT2D eigenvalue weighted by molar-refractivity contribution is 5.81. The second kappa shape index (κ2) is 7.82. The van der Waals surface area contributed by atoms with Crippen molar-refractivity contribution in [1.82, 2.24) is 5.32 Å². The summed E-state index contributed by atoms with van der Waals surface area (Å²) in [5, 5.41) is 2.97. The molecule has 1 aromatic rings. The Morgan fingerprint density at radius 3 is 2.87 bits per heavy atom. The van der Waals surface area contributed by atoms with Crippen molar-refractivity contribution in [2.75, 3.05) is 13.2 Å². The summed E-state index contributed by atoms with van der Waals surface area (Å²) in [6, 6.07) is 6.27. The van der Waals surface area contributed by atoms with E-state index in [4.69, 9.17) is 9.47 Å². The summed E-state index contributed by atoms with van der Waals surface area (Å²) in [6.07, 6.45) is 7.31. The van der Waals surface area contributed by atoms with E-state index in [9.17, 15) is 4.79 Å². The molecule has 1 aromatic carbocycles. The molecule has 0 radical (unpaired) electrons. The highest BCUT2D eigenvalue weighted by Crippen LogP contribution is 2.26. The second-order valence-electron chi connectivity index (χ2n) is 6.53. The molecule has 0 unspecified atom stereocenters. The summed E-state index contributed by atoms with van der Waals surface area (Å²) in [4.78, 5) is 12.3. The number of benzene rings is 1. The van der Waals surface area contributed by atoms with Crippen molar-refractivity contribution in [2.45, 2.75) is 64.1 Å². The lowest BCUT2D eigenvalue weighted by atomic mass is 9.92. The Bertz CT molecular complexity index is 537. The number of carbonyl (C=O) groups is 1. The minimum absolute atomic E-state index is 0.0410. The number of nitrogens with one attached hydrogen (secondary N) is 1. The monoisotopic (exact) mass is 317 g/mol. The summed E-state index contributed by atoms with van der Waals surface area (Å²) in [6.45, 7) is 3.38. The second-order valence-corrected chi connectivity index (χ2v) is 6.53. The molecular weight excluding hydrogens is 290 g/mol. The SMILES string of the molecule is CC[C@@H](Oc1ccc2c(c1)CCCC2)C(=O)NC[C@@H]1CCCO1. The maximum Gasteiger partial charge on any atom is 0.261 e. The average Bonchev–Trinajstić information content (AvgIpc) is 3.11. The summed E-state index contributed by atoms with van der Waals surface area (Å²) in [5.74, 6) is 0.769. The molecule has 2 aliphatic rings. The highest BCUT2D eigenvalue weighted by atomic mass is 16.5. The molecule has 23 heavy (non-hydrogen) atoms. The van der Waals surface area contributed by atoms with Gasteiger partial charge in [0.25, 0.3) is 5.91 Å². The third-order valence-electron chi connectivity index (χ3n) is 4.79. The summed E-state index contributed by atoms with van der Waals surface area (Å²) in [7, 11) is 0. The lowest BCUT2D eigenvalue weighted by Gasteiger charge is -2.21. The number of carbonyl (C=O) groups excluding carboxylic acids is 1. The Balaban J connectivity index is 1.56. The van der Waals surface area contributed by atoms with E-state index in [0.29, 0.717) is 13.0 Å². The van der Waals surface area contributed by atoms with Crippen molar-refractivity contribution in [3.05, 3.63) is 29.3 Å². The summed E-state index contributed by atoms with van der Waals surface area (Å²) in [5.41, 5.74) is 2.81. The van der Waals surface area contributed by atoms with Crippen LogP contribution in [0.2, 0.25) is 0 Å². The van der Waals surface area contributed by atoms with E-state index in [1.165, 1.54) is 24.0 Å². The molecule has 4 heteroatoms. The highest BCUT2D eigenvalue weighted by Gasteiger charge is 2.22. The molecule has 3 rings (SSSR count). The van der Waals surface area contributed by atoms with Crippen LogP contribution in [0.3, 0.4) is 0 Å². The van der Waals surface area contributed by atoms with Crippen LogP contribution in [-0.4, -0.2) is 31.3 Å². The van der Waals surface area contributed by atoms with Crippen LogP contribution in [0.5, 0.6) is 5.75 Å². The van der Waals surface area contributed by atoms with Crippen LogP contribution in [0, 0.1) is 0 Å². The molecular formula is C19H27NO3. The van der Waals surface area contributed by atoms with Gasteiger partial charge in [0, 0.05) is 13.2 Å². The maximum atomic E-state index is 12.3. The number of amides is 1. The zero-order valence-electron chi connectivity index (χ0n) is 14.0. The number of rotatable bonds is 6. The molecule has 1 aliphatic carbocycles. The van der Waals surface area contributed by atoms with Crippen LogP contribution in [0.25, 0.3) is 0 Å². The first kappa shape index (κ1) is 16.3. The van der Waals surface area contributed by atoms with Crippen LogP contribution < -0.4 is 10.1 Å². The van der Waals surface area contributed by atoms with E-state index >= 15 is 0 Å². The molecule has 1 fully saturated rings. The zero-order chi connectivity index (χ0) is 16.1. The van der Waals surface area contributed by atoms with E-state index in [1.54, 1.807) is 0 Å². The van der Waals surface area contributed by atoms with Crippen LogP contribution in [-0.2, 0) is 22.4 Å². The van der Waals surface area contributed by atoms with E-state index in [1.807, 2.05) is 13.0 Å². The molecule has 1 aliphatic heterocycles. The van der Waals surface area contributed by atoms with Gasteiger partial charge in [-0.05, 0) is 68.2 Å². The van der Waals surface area contributed by atoms with E-state index in [0.717, 1.165) is 38.0 Å². The van der Waals surface area contributed by atoms with Crippen molar-refractivity contribution in [1.29, 1.82) is 0 Å². The molecule has 1 N–H and O–H groups in total. The van der Waals surface area contributed by atoms with Crippen molar-refractivity contribution in [3.8, 4) is 5.75 Å². The van der Waals surface area contributed by atoms with Gasteiger partial charge in [-0.3, -0.25) is 4.79 Å². The molecule has 1 amide bonds. The largest absolute Gasteiger partial charge is 0.481 e. The van der Waals surface area contributed by atoms with Crippen molar-refractivity contribution in [2.24, 2.45) is 0 Å². The van der Waals surface area contributed by atoms with Gasteiger partial charge in [-0.1, -0.05) is 13.0 Å². The number of aryl methyl sites for hydroxylation is 2. The normalized spacial score (nSPS) is 21.5. The van der Waals surface area contributed by atoms with Gasteiger partial charge in [0.05, 0.1) is 6.10 Å². The van der Waals surface area contributed by atoms with Gasteiger partial charge in [-0.25, -0.2) is 0 Å². The Morgan fingerprint density at radius 2 is 2.13 bits per heavy atom. The Morgan fingerprint density at radius 1 is 1.30 bits per heavy atom. The maximum absolute atomic E-state index is 12.3. The fourth-order valence-corrected chi connectivity index (χ4v) is 3.40. The molecule has 0 aromatic heterocycles. The molecule has 126 valence electrons. The number of hydrogen-bond donors (Lipinski definition) is 1. The van der Waals surface area contributed by atoms with E-state index < -0.39 is 6.10 Å². The van der Waals surface area contributed by atoms with Gasteiger partial charge in [0.2, 0.25) is 0 Å². The predicted molar refractivity (Wildman–Crippen MR) is 89.8 cm³/mol. The van der Waals surface area contributed by atoms with Gasteiger partial charge in [-0.2, -0.15) is 0 Å². The van der Waals surface area contributed by atoms with E-state index in [-0.39, 0.29) is 12.0 Å². The molecule has 0 saturated carbocycles. The molecule has 0 spiro atoms. The zero-order valence-corrected chi connectivity index (χ0v) is 14.0. The van der Waals surface area contributed by atoms with Crippen molar-refractivity contribution >= 4 is 5.91 Å². The van der Waals surface area contributed by atoms with Crippen LogP contribution >= 0.6 is 0 Å². The number of ether oxygens (including phenoxy) is 2. The molecule has 4 nitrogen and oxygen atoms in total. The smallest absolute Gasteiger partial charge is 0.261 e. The molecule has 2 atom stereocenters. The predicted octanol–water partition coefficient (Wildman–Crippen LogP) is 3.02. The number of hydrogen-bond acceptors (Lipinski definition) is 3.